The molecule has 1 heterocycles. The van der Waals surface area contributed by atoms with Gasteiger partial charge in [0.05, 0.1) is 24.6 Å². The van der Waals surface area contributed by atoms with Crippen molar-refractivity contribution in [3.8, 4) is 5.75 Å². The highest BCUT2D eigenvalue weighted by Gasteiger charge is 2.08. The summed E-state index contributed by atoms with van der Waals surface area (Å²) in [5.74, 6) is 0.658. The zero-order chi connectivity index (χ0) is 19.9. The molecule has 0 fully saturated rings. The predicted molar refractivity (Wildman–Crippen MR) is 113 cm³/mol. The van der Waals surface area contributed by atoms with E-state index in [0.717, 1.165) is 34.7 Å². The highest BCUT2D eigenvalue weighted by Crippen LogP contribution is 2.26. The Hall–Kier alpha value is -3.05. The van der Waals surface area contributed by atoms with Crippen molar-refractivity contribution >= 4 is 28.9 Å². The molecule has 144 valence electrons. The molecule has 0 saturated heterocycles. The Kier molecular flexibility index (Phi) is 6.50. The van der Waals surface area contributed by atoms with Crippen LogP contribution in [0.3, 0.4) is 0 Å². The number of rotatable bonds is 7. The van der Waals surface area contributed by atoms with Gasteiger partial charge < -0.3 is 15.4 Å². The molecule has 1 amide bonds. The van der Waals surface area contributed by atoms with Gasteiger partial charge in [-0.15, -0.1) is 0 Å². The van der Waals surface area contributed by atoms with E-state index in [2.05, 4.69) is 15.6 Å². The lowest BCUT2D eigenvalue weighted by Gasteiger charge is -2.11. The molecule has 3 aromatic rings. The molecule has 0 unspecified atom stereocenters. The first-order chi connectivity index (χ1) is 13.6. The number of benzene rings is 2. The molecular formula is C22H22ClN3O2. The second-order valence-corrected chi connectivity index (χ2v) is 6.76. The molecule has 0 aliphatic rings. The molecule has 2 N–H and O–H groups in total. The first-order valence-corrected chi connectivity index (χ1v) is 9.33. The smallest absolute Gasteiger partial charge is 0.252 e. The van der Waals surface area contributed by atoms with E-state index in [-0.39, 0.29) is 5.91 Å². The number of nitrogens with one attached hydrogen (secondary N) is 2. The maximum atomic E-state index is 12.4. The molecule has 0 atom stereocenters. The van der Waals surface area contributed by atoms with Crippen molar-refractivity contribution < 1.29 is 9.53 Å². The van der Waals surface area contributed by atoms with Gasteiger partial charge in [-0.25, -0.2) is 0 Å². The van der Waals surface area contributed by atoms with Gasteiger partial charge in [-0.3, -0.25) is 9.78 Å². The van der Waals surface area contributed by atoms with Crippen LogP contribution in [-0.4, -0.2) is 24.5 Å². The zero-order valence-corrected chi connectivity index (χ0v) is 16.6. The molecule has 0 spiro atoms. The summed E-state index contributed by atoms with van der Waals surface area (Å²) in [4.78, 5) is 16.6. The highest BCUT2D eigenvalue weighted by atomic mass is 35.5. The summed E-state index contributed by atoms with van der Waals surface area (Å²) in [7, 11) is 1.64. The fraction of sp³-hybridized carbons (Fsp3) is 0.182. The number of anilines is 2. The van der Waals surface area contributed by atoms with Crippen LogP contribution < -0.4 is 15.4 Å². The van der Waals surface area contributed by atoms with Crippen molar-refractivity contribution in [3.05, 3.63) is 82.6 Å². The van der Waals surface area contributed by atoms with Crippen LogP contribution in [0.15, 0.2) is 60.9 Å². The Balaban J connectivity index is 1.59. The van der Waals surface area contributed by atoms with Crippen molar-refractivity contribution in [2.24, 2.45) is 0 Å². The van der Waals surface area contributed by atoms with E-state index in [0.29, 0.717) is 17.1 Å². The average molecular weight is 396 g/mol. The lowest BCUT2D eigenvalue weighted by Crippen LogP contribution is -2.25. The quantitative estimate of drug-likeness (QED) is 0.605. The van der Waals surface area contributed by atoms with Gasteiger partial charge in [0, 0.05) is 23.5 Å². The third-order valence-electron chi connectivity index (χ3n) is 4.41. The minimum atomic E-state index is -0.160. The molecule has 0 aliphatic heterocycles. The number of hydrogen-bond acceptors (Lipinski definition) is 4. The average Bonchev–Trinajstić information content (AvgIpc) is 2.72. The number of carbonyl (C=O) groups is 1. The topological polar surface area (TPSA) is 63.2 Å². The van der Waals surface area contributed by atoms with E-state index in [1.54, 1.807) is 25.6 Å². The number of pyridine rings is 1. The number of carbonyl (C=O) groups excluding carboxylic acids is 1. The van der Waals surface area contributed by atoms with E-state index in [1.807, 2.05) is 49.4 Å². The third-order valence-corrected chi connectivity index (χ3v) is 4.81. The molecule has 0 aliphatic carbocycles. The molecule has 0 bridgehead atoms. The van der Waals surface area contributed by atoms with Crippen LogP contribution in [-0.2, 0) is 6.42 Å². The number of methoxy groups -OCH3 is 1. The van der Waals surface area contributed by atoms with Gasteiger partial charge in [-0.2, -0.15) is 0 Å². The van der Waals surface area contributed by atoms with Crippen LogP contribution in [0.25, 0.3) is 0 Å². The Morgan fingerprint density at radius 1 is 1.14 bits per heavy atom. The standard InChI is InChI=1S/C22H22ClN3O2/c1-15-20(23)4-3-5-21(15)26-18-12-17(13-24-14-18)22(27)25-11-10-16-6-8-19(28-2)9-7-16/h3-9,12-14,26H,10-11H2,1-2H3,(H,25,27). The summed E-state index contributed by atoms with van der Waals surface area (Å²) in [6.45, 7) is 2.48. The largest absolute Gasteiger partial charge is 0.497 e. The maximum absolute atomic E-state index is 12.4. The minimum Gasteiger partial charge on any atom is -0.497 e. The SMILES string of the molecule is COc1ccc(CCNC(=O)c2cncc(Nc3cccc(Cl)c3C)c2)cc1. The lowest BCUT2D eigenvalue weighted by molar-refractivity contribution is 0.0954. The summed E-state index contributed by atoms with van der Waals surface area (Å²) in [6.07, 6.45) is 3.97. The number of halogens is 1. The molecule has 1 aromatic heterocycles. The fourth-order valence-corrected chi connectivity index (χ4v) is 2.92. The van der Waals surface area contributed by atoms with E-state index in [4.69, 9.17) is 16.3 Å². The molecular weight excluding hydrogens is 374 g/mol. The summed E-state index contributed by atoms with van der Waals surface area (Å²) in [5.41, 5.74) is 4.18. The van der Waals surface area contributed by atoms with Crippen LogP contribution in [0.2, 0.25) is 5.02 Å². The second kappa shape index (κ2) is 9.24. The number of nitrogens with zero attached hydrogens (tertiary/aromatic N) is 1. The number of amides is 1. The van der Waals surface area contributed by atoms with Crippen LogP contribution >= 0.6 is 11.6 Å². The Labute approximate surface area is 169 Å². The number of ether oxygens (including phenoxy) is 1. The molecule has 0 radical (unpaired) electrons. The molecule has 5 nitrogen and oxygen atoms in total. The Morgan fingerprint density at radius 2 is 1.93 bits per heavy atom. The second-order valence-electron chi connectivity index (χ2n) is 6.35. The predicted octanol–water partition coefficient (Wildman–Crippen LogP) is 4.77. The van der Waals surface area contributed by atoms with Crippen LogP contribution in [0.4, 0.5) is 11.4 Å². The van der Waals surface area contributed by atoms with Crippen LogP contribution in [0, 0.1) is 6.92 Å². The van der Waals surface area contributed by atoms with Gasteiger partial charge in [0.15, 0.2) is 0 Å². The molecule has 2 aromatic carbocycles. The van der Waals surface area contributed by atoms with Gasteiger partial charge in [0.25, 0.3) is 5.91 Å². The van der Waals surface area contributed by atoms with E-state index in [9.17, 15) is 4.79 Å². The fourth-order valence-electron chi connectivity index (χ4n) is 2.75. The monoisotopic (exact) mass is 395 g/mol. The Bertz CT molecular complexity index is 958. The first kappa shape index (κ1) is 19.7. The third kappa shape index (κ3) is 5.02. The minimum absolute atomic E-state index is 0.160. The summed E-state index contributed by atoms with van der Waals surface area (Å²) in [5, 5.41) is 6.88. The summed E-state index contributed by atoms with van der Waals surface area (Å²) in [6, 6.07) is 15.2. The van der Waals surface area contributed by atoms with Crippen molar-refractivity contribution in [3.63, 3.8) is 0 Å². The first-order valence-electron chi connectivity index (χ1n) is 8.95. The summed E-state index contributed by atoms with van der Waals surface area (Å²) < 4.78 is 5.15. The maximum Gasteiger partial charge on any atom is 0.252 e. The van der Waals surface area contributed by atoms with Crippen molar-refractivity contribution in [2.75, 3.05) is 19.0 Å². The molecule has 28 heavy (non-hydrogen) atoms. The molecule has 0 saturated carbocycles. The van der Waals surface area contributed by atoms with Crippen molar-refractivity contribution in [2.45, 2.75) is 13.3 Å². The normalized spacial score (nSPS) is 10.4. The van der Waals surface area contributed by atoms with Crippen molar-refractivity contribution in [1.29, 1.82) is 0 Å². The summed E-state index contributed by atoms with van der Waals surface area (Å²) >= 11 is 6.16. The zero-order valence-electron chi connectivity index (χ0n) is 15.8. The van der Waals surface area contributed by atoms with Crippen LogP contribution in [0.1, 0.15) is 21.5 Å². The lowest BCUT2D eigenvalue weighted by atomic mass is 10.1. The van der Waals surface area contributed by atoms with E-state index in [1.165, 1.54) is 0 Å². The molecule has 3 rings (SSSR count). The van der Waals surface area contributed by atoms with Gasteiger partial charge in [0.1, 0.15) is 5.75 Å². The number of aromatic nitrogens is 1. The van der Waals surface area contributed by atoms with Gasteiger partial charge in [-0.05, 0) is 54.8 Å². The van der Waals surface area contributed by atoms with Gasteiger partial charge in [0.2, 0.25) is 0 Å². The van der Waals surface area contributed by atoms with Crippen LogP contribution in [0.5, 0.6) is 5.75 Å². The molecule has 6 heteroatoms. The highest BCUT2D eigenvalue weighted by molar-refractivity contribution is 6.31. The van der Waals surface area contributed by atoms with E-state index >= 15 is 0 Å². The van der Waals surface area contributed by atoms with Crippen molar-refractivity contribution in [1.82, 2.24) is 10.3 Å². The van der Waals surface area contributed by atoms with Gasteiger partial charge in [-0.1, -0.05) is 29.8 Å². The van der Waals surface area contributed by atoms with E-state index < -0.39 is 0 Å². The van der Waals surface area contributed by atoms with Gasteiger partial charge >= 0.3 is 0 Å². The Morgan fingerprint density at radius 3 is 2.68 bits per heavy atom. The number of hydrogen-bond donors (Lipinski definition) is 2.